The molecule has 18 heavy (non-hydrogen) atoms. The molecule has 1 aromatic carbocycles. The van der Waals surface area contributed by atoms with Crippen LogP contribution in [-0.2, 0) is 16.1 Å². The summed E-state index contributed by atoms with van der Waals surface area (Å²) in [6.45, 7) is 5.20. The largest absolute Gasteiger partial charge is 0.388 e. The molecule has 102 valence electrons. The first-order valence-electron chi connectivity index (χ1n) is 6.17. The second-order valence-corrected chi connectivity index (χ2v) is 4.93. The maximum Gasteiger partial charge on any atom is 0.101 e. The SMILES string of the molecule is CC(C)(CN)OCC(O)COCc1ccccc1. The lowest BCUT2D eigenvalue weighted by molar-refractivity contribution is -0.0769. The van der Waals surface area contributed by atoms with Gasteiger partial charge in [-0.2, -0.15) is 0 Å². The molecule has 0 saturated carbocycles. The van der Waals surface area contributed by atoms with Crippen molar-refractivity contribution in [2.75, 3.05) is 19.8 Å². The topological polar surface area (TPSA) is 64.7 Å². The molecule has 0 aliphatic carbocycles. The van der Waals surface area contributed by atoms with Gasteiger partial charge in [-0.25, -0.2) is 0 Å². The second-order valence-electron chi connectivity index (χ2n) is 4.93. The van der Waals surface area contributed by atoms with Gasteiger partial charge in [-0.1, -0.05) is 30.3 Å². The Morgan fingerprint density at radius 1 is 1.22 bits per heavy atom. The van der Waals surface area contributed by atoms with Crippen LogP contribution in [0.4, 0.5) is 0 Å². The van der Waals surface area contributed by atoms with Gasteiger partial charge in [0.25, 0.3) is 0 Å². The molecule has 0 heterocycles. The minimum atomic E-state index is -0.625. The molecule has 0 fully saturated rings. The van der Waals surface area contributed by atoms with E-state index in [1.807, 2.05) is 44.2 Å². The number of nitrogens with two attached hydrogens (primary N) is 1. The molecule has 0 aromatic heterocycles. The van der Waals surface area contributed by atoms with Crippen LogP contribution in [-0.4, -0.2) is 36.6 Å². The first-order valence-corrected chi connectivity index (χ1v) is 6.17. The summed E-state index contributed by atoms with van der Waals surface area (Å²) in [4.78, 5) is 0. The Morgan fingerprint density at radius 3 is 2.50 bits per heavy atom. The molecule has 1 aromatic rings. The van der Waals surface area contributed by atoms with Gasteiger partial charge in [-0.3, -0.25) is 0 Å². The molecule has 4 nitrogen and oxygen atoms in total. The van der Waals surface area contributed by atoms with Gasteiger partial charge in [0.15, 0.2) is 0 Å². The fraction of sp³-hybridized carbons (Fsp3) is 0.571. The standard InChI is InChI=1S/C14H23NO3/c1-14(2,11-15)18-10-13(16)9-17-8-12-6-4-3-5-7-12/h3-7,13,16H,8-11,15H2,1-2H3. The molecular weight excluding hydrogens is 230 g/mol. The molecule has 0 saturated heterocycles. The highest BCUT2D eigenvalue weighted by molar-refractivity contribution is 5.13. The van der Waals surface area contributed by atoms with Gasteiger partial charge in [-0.15, -0.1) is 0 Å². The minimum Gasteiger partial charge on any atom is -0.388 e. The average molecular weight is 253 g/mol. The lowest BCUT2D eigenvalue weighted by Crippen LogP contribution is -2.37. The number of hydrogen-bond donors (Lipinski definition) is 2. The molecule has 0 aliphatic rings. The fourth-order valence-corrected chi connectivity index (χ4v) is 1.32. The van der Waals surface area contributed by atoms with Crippen LogP contribution in [0.2, 0.25) is 0 Å². The molecule has 0 spiro atoms. The fourth-order valence-electron chi connectivity index (χ4n) is 1.32. The van der Waals surface area contributed by atoms with E-state index in [2.05, 4.69) is 0 Å². The Labute approximate surface area is 109 Å². The van der Waals surface area contributed by atoms with Crippen molar-refractivity contribution in [3.05, 3.63) is 35.9 Å². The van der Waals surface area contributed by atoms with Crippen molar-refractivity contribution in [2.24, 2.45) is 5.73 Å². The number of hydrogen-bond acceptors (Lipinski definition) is 4. The Kier molecular flexibility index (Phi) is 6.29. The van der Waals surface area contributed by atoms with Crippen molar-refractivity contribution >= 4 is 0 Å². The lowest BCUT2D eigenvalue weighted by Gasteiger charge is -2.24. The number of benzene rings is 1. The van der Waals surface area contributed by atoms with Crippen molar-refractivity contribution in [3.63, 3.8) is 0 Å². The van der Waals surface area contributed by atoms with Crippen LogP contribution in [0, 0.1) is 0 Å². The summed E-state index contributed by atoms with van der Waals surface area (Å²) in [6.07, 6.45) is -0.625. The maximum absolute atomic E-state index is 9.70. The van der Waals surface area contributed by atoms with Crippen LogP contribution in [0.25, 0.3) is 0 Å². The van der Waals surface area contributed by atoms with Crippen molar-refractivity contribution < 1.29 is 14.6 Å². The second kappa shape index (κ2) is 7.48. The quantitative estimate of drug-likeness (QED) is 0.733. The van der Waals surface area contributed by atoms with Crippen LogP contribution in [0.15, 0.2) is 30.3 Å². The van der Waals surface area contributed by atoms with E-state index in [0.717, 1.165) is 5.56 Å². The summed E-state index contributed by atoms with van der Waals surface area (Å²) in [5.41, 5.74) is 6.22. The van der Waals surface area contributed by atoms with Gasteiger partial charge in [0.05, 0.1) is 25.4 Å². The van der Waals surface area contributed by atoms with Crippen molar-refractivity contribution in [3.8, 4) is 0 Å². The van der Waals surface area contributed by atoms with Gasteiger partial charge in [0.2, 0.25) is 0 Å². The van der Waals surface area contributed by atoms with Gasteiger partial charge in [0.1, 0.15) is 6.10 Å². The Bertz CT molecular complexity index is 327. The highest BCUT2D eigenvalue weighted by Gasteiger charge is 2.17. The van der Waals surface area contributed by atoms with Crippen molar-refractivity contribution in [1.82, 2.24) is 0 Å². The van der Waals surface area contributed by atoms with E-state index in [9.17, 15) is 5.11 Å². The zero-order chi connectivity index (χ0) is 13.4. The number of ether oxygens (including phenoxy) is 2. The number of aliphatic hydroxyl groups is 1. The van der Waals surface area contributed by atoms with Crippen LogP contribution < -0.4 is 5.73 Å². The lowest BCUT2D eigenvalue weighted by atomic mass is 10.1. The minimum absolute atomic E-state index is 0.235. The predicted molar refractivity (Wildman–Crippen MR) is 71.2 cm³/mol. The Morgan fingerprint density at radius 2 is 1.89 bits per heavy atom. The van der Waals surface area contributed by atoms with Crippen LogP contribution in [0.3, 0.4) is 0 Å². The first-order chi connectivity index (χ1) is 8.53. The third kappa shape index (κ3) is 6.12. The molecule has 1 atom stereocenters. The molecule has 0 radical (unpaired) electrons. The summed E-state index contributed by atoms with van der Waals surface area (Å²) < 4.78 is 10.9. The summed E-state index contributed by atoms with van der Waals surface area (Å²) >= 11 is 0. The van der Waals surface area contributed by atoms with Crippen molar-refractivity contribution in [1.29, 1.82) is 0 Å². The average Bonchev–Trinajstić information content (AvgIpc) is 2.38. The normalized spacial score (nSPS) is 13.6. The van der Waals surface area contributed by atoms with Gasteiger partial charge in [0, 0.05) is 6.54 Å². The molecule has 0 bridgehead atoms. The van der Waals surface area contributed by atoms with E-state index in [-0.39, 0.29) is 13.2 Å². The van der Waals surface area contributed by atoms with E-state index in [1.165, 1.54) is 0 Å². The molecule has 1 unspecified atom stereocenters. The Balaban J connectivity index is 2.16. The van der Waals surface area contributed by atoms with E-state index >= 15 is 0 Å². The molecule has 4 heteroatoms. The monoisotopic (exact) mass is 253 g/mol. The third-order valence-electron chi connectivity index (χ3n) is 2.58. The molecule has 0 amide bonds. The van der Waals surface area contributed by atoms with Gasteiger partial charge in [-0.05, 0) is 19.4 Å². The molecule has 3 N–H and O–H groups in total. The third-order valence-corrected chi connectivity index (χ3v) is 2.58. The van der Waals surface area contributed by atoms with E-state index in [1.54, 1.807) is 0 Å². The summed E-state index contributed by atoms with van der Waals surface area (Å²) in [7, 11) is 0. The molecule has 1 rings (SSSR count). The van der Waals surface area contributed by atoms with Gasteiger partial charge < -0.3 is 20.3 Å². The smallest absolute Gasteiger partial charge is 0.101 e. The first kappa shape index (κ1) is 15.1. The van der Waals surface area contributed by atoms with E-state index in [4.69, 9.17) is 15.2 Å². The molecule has 0 aliphatic heterocycles. The van der Waals surface area contributed by atoms with Crippen molar-refractivity contribution in [2.45, 2.75) is 32.2 Å². The van der Waals surface area contributed by atoms with Crippen LogP contribution in [0.5, 0.6) is 0 Å². The zero-order valence-corrected chi connectivity index (χ0v) is 11.1. The van der Waals surface area contributed by atoms with Crippen LogP contribution in [0.1, 0.15) is 19.4 Å². The summed E-state index contributed by atoms with van der Waals surface area (Å²) in [5, 5.41) is 9.70. The summed E-state index contributed by atoms with van der Waals surface area (Å²) in [6, 6.07) is 9.85. The van der Waals surface area contributed by atoms with Crippen LogP contribution >= 0.6 is 0 Å². The number of aliphatic hydroxyl groups excluding tert-OH is 1. The van der Waals surface area contributed by atoms with E-state index in [0.29, 0.717) is 13.2 Å². The van der Waals surface area contributed by atoms with E-state index < -0.39 is 11.7 Å². The highest BCUT2D eigenvalue weighted by Crippen LogP contribution is 2.07. The van der Waals surface area contributed by atoms with Gasteiger partial charge >= 0.3 is 0 Å². The molecular formula is C14H23NO3. The predicted octanol–water partition coefficient (Wildman–Crippen LogP) is 1.32. The highest BCUT2D eigenvalue weighted by atomic mass is 16.5. The maximum atomic E-state index is 9.70. The Hall–Kier alpha value is -0.940. The zero-order valence-electron chi connectivity index (χ0n) is 11.1. The number of rotatable bonds is 8. The summed E-state index contributed by atoms with van der Waals surface area (Å²) in [5.74, 6) is 0.